The van der Waals surface area contributed by atoms with Crippen LogP contribution in [0.3, 0.4) is 0 Å². The number of H-pyrrole nitrogens is 1. The second kappa shape index (κ2) is 7.18. The van der Waals surface area contributed by atoms with E-state index in [2.05, 4.69) is 26.4 Å². The Bertz CT molecular complexity index is 1180. The van der Waals surface area contributed by atoms with Crippen molar-refractivity contribution in [2.75, 3.05) is 13.1 Å². The number of likely N-dealkylation sites (tertiary alicyclic amines) is 1. The number of amides is 1. The molecule has 0 spiro atoms. The predicted octanol–water partition coefficient (Wildman–Crippen LogP) is 3.44. The average molecular weight is 413 g/mol. The van der Waals surface area contributed by atoms with Crippen molar-refractivity contribution in [1.82, 2.24) is 29.4 Å². The zero-order valence-electron chi connectivity index (χ0n) is 16.0. The number of piperidine rings is 1. The minimum absolute atomic E-state index is 0.115. The molecule has 5 rings (SSSR count). The molecule has 29 heavy (non-hydrogen) atoms. The Labute approximate surface area is 171 Å². The van der Waals surface area contributed by atoms with Gasteiger partial charge in [-0.3, -0.25) is 9.20 Å². The summed E-state index contributed by atoms with van der Waals surface area (Å²) in [6.07, 6.45) is 7.39. The standard InChI is InChI=1S/C20H21ClN6O2/c1-12-5-7-26(18(28)3-2-14-8-17(21)25-29-14)11-15(12)20-24-10-13-9-23-19-16(27(13)20)4-6-22-19/h4,6,8-10,12,15,22H,2-3,5,7,11H2,1H3/t12-,15+/m1/s1. The largest absolute Gasteiger partial charge is 0.360 e. The van der Waals surface area contributed by atoms with Crippen LogP contribution in [0.25, 0.3) is 16.7 Å². The summed E-state index contributed by atoms with van der Waals surface area (Å²) < 4.78 is 7.26. The second-order valence-corrected chi connectivity index (χ2v) is 8.06. The molecule has 1 amide bonds. The fourth-order valence-electron chi connectivity index (χ4n) is 4.19. The minimum Gasteiger partial charge on any atom is -0.360 e. The number of carbonyl (C=O) groups excluding carboxylic acids is 1. The van der Waals surface area contributed by atoms with Crippen molar-refractivity contribution < 1.29 is 9.32 Å². The highest BCUT2D eigenvalue weighted by Crippen LogP contribution is 2.33. The Morgan fingerprint density at radius 2 is 2.24 bits per heavy atom. The number of carbonyl (C=O) groups is 1. The number of hydrogen-bond acceptors (Lipinski definition) is 5. The van der Waals surface area contributed by atoms with Crippen LogP contribution in [-0.2, 0) is 11.2 Å². The maximum atomic E-state index is 12.8. The molecular formula is C20H21ClN6O2. The van der Waals surface area contributed by atoms with Gasteiger partial charge in [-0.1, -0.05) is 23.7 Å². The molecule has 1 saturated heterocycles. The molecule has 8 nitrogen and oxygen atoms in total. The lowest BCUT2D eigenvalue weighted by molar-refractivity contribution is -0.133. The van der Waals surface area contributed by atoms with Crippen molar-refractivity contribution in [2.24, 2.45) is 5.92 Å². The Morgan fingerprint density at radius 1 is 1.38 bits per heavy atom. The zero-order chi connectivity index (χ0) is 20.0. The topological polar surface area (TPSA) is 92.3 Å². The second-order valence-electron chi connectivity index (χ2n) is 7.67. The number of nitrogens with one attached hydrogen (secondary N) is 1. The predicted molar refractivity (Wildman–Crippen MR) is 108 cm³/mol. The molecule has 0 unspecified atom stereocenters. The SMILES string of the molecule is C[C@@H]1CCN(C(=O)CCc2cc(Cl)no2)C[C@@H]1c1ncc2cnc3[nH]ccc3n12. The van der Waals surface area contributed by atoms with E-state index in [0.717, 1.165) is 35.5 Å². The lowest BCUT2D eigenvalue weighted by atomic mass is 9.86. The summed E-state index contributed by atoms with van der Waals surface area (Å²) in [5, 5.41) is 3.97. The minimum atomic E-state index is 0.115. The molecule has 0 aromatic carbocycles. The monoisotopic (exact) mass is 412 g/mol. The highest BCUT2D eigenvalue weighted by atomic mass is 35.5. The number of aromatic nitrogens is 5. The van der Waals surface area contributed by atoms with Gasteiger partial charge in [0, 0.05) is 44.1 Å². The van der Waals surface area contributed by atoms with Crippen LogP contribution in [-0.4, -0.2) is 48.4 Å². The number of aryl methyl sites for hydroxylation is 1. The molecule has 9 heteroatoms. The molecule has 1 aliphatic heterocycles. The Morgan fingerprint density at radius 3 is 3.07 bits per heavy atom. The quantitative estimate of drug-likeness (QED) is 0.554. The molecule has 4 aromatic heterocycles. The van der Waals surface area contributed by atoms with Crippen LogP contribution in [0.4, 0.5) is 0 Å². The van der Waals surface area contributed by atoms with E-state index in [-0.39, 0.29) is 11.8 Å². The van der Waals surface area contributed by atoms with E-state index in [1.165, 1.54) is 0 Å². The van der Waals surface area contributed by atoms with Gasteiger partial charge in [0.05, 0.1) is 23.4 Å². The smallest absolute Gasteiger partial charge is 0.223 e. The molecule has 2 atom stereocenters. The Kier molecular flexibility index (Phi) is 4.50. The third-order valence-corrected chi connectivity index (χ3v) is 6.02. The number of halogens is 1. The van der Waals surface area contributed by atoms with Crippen molar-refractivity contribution in [3.05, 3.63) is 47.5 Å². The molecule has 0 radical (unpaired) electrons. The first-order valence-corrected chi connectivity index (χ1v) is 10.2. The summed E-state index contributed by atoms with van der Waals surface area (Å²) in [7, 11) is 0. The highest BCUT2D eigenvalue weighted by molar-refractivity contribution is 6.29. The average Bonchev–Trinajstić information content (AvgIpc) is 3.45. The first-order chi connectivity index (χ1) is 14.1. The van der Waals surface area contributed by atoms with Crippen LogP contribution in [0.15, 0.2) is 35.2 Å². The summed E-state index contributed by atoms with van der Waals surface area (Å²) in [5.74, 6) is 2.32. The summed E-state index contributed by atoms with van der Waals surface area (Å²) in [6, 6.07) is 3.67. The molecule has 0 aliphatic carbocycles. The summed E-state index contributed by atoms with van der Waals surface area (Å²) in [6.45, 7) is 3.65. The lowest BCUT2D eigenvalue weighted by Gasteiger charge is -2.36. The molecule has 1 N–H and O–H groups in total. The molecule has 0 bridgehead atoms. The van der Waals surface area contributed by atoms with E-state index in [0.29, 0.717) is 36.2 Å². The van der Waals surface area contributed by atoms with Gasteiger partial charge in [0.2, 0.25) is 5.91 Å². The van der Waals surface area contributed by atoms with E-state index in [1.807, 2.05) is 29.6 Å². The summed E-state index contributed by atoms with van der Waals surface area (Å²) in [5.41, 5.74) is 2.80. The highest BCUT2D eigenvalue weighted by Gasteiger charge is 2.32. The van der Waals surface area contributed by atoms with Crippen molar-refractivity contribution in [2.45, 2.75) is 32.1 Å². The van der Waals surface area contributed by atoms with E-state index in [1.54, 1.807) is 6.07 Å². The van der Waals surface area contributed by atoms with Gasteiger partial charge < -0.3 is 14.4 Å². The first-order valence-electron chi connectivity index (χ1n) is 9.78. The van der Waals surface area contributed by atoms with Gasteiger partial charge >= 0.3 is 0 Å². The molecule has 1 fully saturated rings. The first kappa shape index (κ1) is 18.2. The van der Waals surface area contributed by atoms with Crippen LogP contribution in [0.1, 0.15) is 37.3 Å². The van der Waals surface area contributed by atoms with Gasteiger partial charge in [-0.2, -0.15) is 0 Å². The number of aromatic amines is 1. The van der Waals surface area contributed by atoms with Gasteiger partial charge in [0.25, 0.3) is 0 Å². The van der Waals surface area contributed by atoms with Crippen LogP contribution in [0, 0.1) is 5.92 Å². The van der Waals surface area contributed by atoms with Crippen LogP contribution in [0.5, 0.6) is 0 Å². The molecule has 5 heterocycles. The Hall–Kier alpha value is -2.87. The molecule has 150 valence electrons. The van der Waals surface area contributed by atoms with Crippen molar-refractivity contribution in [3.8, 4) is 0 Å². The van der Waals surface area contributed by atoms with E-state index >= 15 is 0 Å². The number of imidazole rings is 1. The molecule has 0 saturated carbocycles. The van der Waals surface area contributed by atoms with Gasteiger partial charge in [0.15, 0.2) is 10.8 Å². The van der Waals surface area contributed by atoms with Crippen LogP contribution >= 0.6 is 11.6 Å². The van der Waals surface area contributed by atoms with E-state index in [9.17, 15) is 4.79 Å². The normalized spacial score (nSPS) is 20.0. The van der Waals surface area contributed by atoms with Crippen LogP contribution < -0.4 is 0 Å². The van der Waals surface area contributed by atoms with E-state index in [4.69, 9.17) is 21.1 Å². The number of fused-ring (bicyclic) bond motifs is 3. The zero-order valence-corrected chi connectivity index (χ0v) is 16.8. The summed E-state index contributed by atoms with van der Waals surface area (Å²) in [4.78, 5) is 27.1. The third kappa shape index (κ3) is 3.27. The number of hydrogen-bond donors (Lipinski definition) is 1. The number of rotatable bonds is 4. The van der Waals surface area contributed by atoms with Crippen molar-refractivity contribution >= 4 is 34.2 Å². The molecule has 1 aliphatic rings. The maximum Gasteiger partial charge on any atom is 0.223 e. The van der Waals surface area contributed by atoms with Gasteiger partial charge in [-0.25, -0.2) is 9.97 Å². The molecule has 4 aromatic rings. The van der Waals surface area contributed by atoms with Crippen LogP contribution in [0.2, 0.25) is 5.15 Å². The maximum absolute atomic E-state index is 12.8. The third-order valence-electron chi connectivity index (χ3n) is 5.85. The summed E-state index contributed by atoms with van der Waals surface area (Å²) >= 11 is 5.78. The van der Waals surface area contributed by atoms with Gasteiger partial charge in [-0.15, -0.1) is 0 Å². The van der Waals surface area contributed by atoms with Gasteiger partial charge in [-0.05, 0) is 18.4 Å². The Balaban J connectivity index is 1.38. The number of nitrogens with zero attached hydrogens (tertiary/aromatic N) is 5. The fraction of sp³-hybridized carbons (Fsp3) is 0.400. The van der Waals surface area contributed by atoms with Gasteiger partial charge in [0.1, 0.15) is 11.6 Å². The lowest BCUT2D eigenvalue weighted by Crippen LogP contribution is -2.42. The fourth-order valence-corrected chi connectivity index (χ4v) is 4.34. The van der Waals surface area contributed by atoms with Crippen molar-refractivity contribution in [3.63, 3.8) is 0 Å². The van der Waals surface area contributed by atoms with E-state index < -0.39 is 0 Å². The molecular weight excluding hydrogens is 392 g/mol. The van der Waals surface area contributed by atoms with Crippen molar-refractivity contribution in [1.29, 1.82) is 0 Å².